The zero-order chi connectivity index (χ0) is 33.0. The van der Waals surface area contributed by atoms with E-state index in [1.807, 2.05) is 43.3 Å². The summed E-state index contributed by atoms with van der Waals surface area (Å²) in [6.45, 7) is 3.48. The molecule has 4 aromatic rings. The Hall–Kier alpha value is -4.65. The minimum absolute atomic E-state index is 0.0545. The summed E-state index contributed by atoms with van der Waals surface area (Å²) in [5, 5.41) is 17.5. The number of methoxy groups -OCH3 is 1. The van der Waals surface area contributed by atoms with E-state index in [1.54, 1.807) is 48.2 Å². The van der Waals surface area contributed by atoms with Gasteiger partial charge in [-0.05, 0) is 54.8 Å². The predicted molar refractivity (Wildman–Crippen MR) is 177 cm³/mol. The zero-order valence-electron chi connectivity index (χ0n) is 26.1. The first-order valence-electron chi connectivity index (χ1n) is 14.9. The molecule has 0 fully saturated rings. The number of hydrogen-bond acceptors (Lipinski definition) is 7. The molecule has 5 rings (SSSR count). The van der Waals surface area contributed by atoms with Gasteiger partial charge in [-0.2, -0.15) is 4.31 Å². The molecule has 1 aliphatic rings. The fourth-order valence-corrected chi connectivity index (χ4v) is 6.63. The van der Waals surface area contributed by atoms with Gasteiger partial charge in [0.2, 0.25) is 10.0 Å². The molecule has 4 aromatic carbocycles. The molecule has 12 heteroatoms. The zero-order valence-corrected chi connectivity index (χ0v) is 27.0. The first kappa shape index (κ1) is 32.7. The Labute approximate surface area is 268 Å². The maximum absolute atomic E-state index is 13.8. The number of likely N-dealkylation sites (N-methyl/N-ethyl adjacent to an activating group) is 1. The topological polar surface area (TPSA) is 138 Å². The van der Waals surface area contributed by atoms with Crippen molar-refractivity contribution < 1.29 is 32.6 Å². The van der Waals surface area contributed by atoms with Gasteiger partial charge in [0.25, 0.3) is 5.91 Å². The summed E-state index contributed by atoms with van der Waals surface area (Å²) in [5.41, 5.74) is 1.02. The lowest BCUT2D eigenvalue weighted by atomic mass is 9.99. The highest BCUT2D eigenvalue weighted by molar-refractivity contribution is 7.89. The molecule has 0 bridgehead atoms. The number of aliphatic hydroxyl groups excluding tert-OH is 1. The average molecular weight is 647 g/mol. The van der Waals surface area contributed by atoms with Crippen LogP contribution < -0.4 is 20.1 Å². The number of fused-ring (bicyclic) bond motifs is 2. The highest BCUT2D eigenvalue weighted by Gasteiger charge is 2.36. The van der Waals surface area contributed by atoms with E-state index in [-0.39, 0.29) is 53.4 Å². The largest absolute Gasteiger partial charge is 0.497 e. The molecule has 0 radical (unpaired) electrons. The second kappa shape index (κ2) is 13.8. The Morgan fingerprint density at radius 1 is 1.02 bits per heavy atom. The number of nitrogens with zero attached hydrogens (tertiary/aromatic N) is 2. The van der Waals surface area contributed by atoms with Crippen molar-refractivity contribution >= 4 is 44.1 Å². The molecule has 1 heterocycles. The van der Waals surface area contributed by atoms with Crippen molar-refractivity contribution in [3.8, 4) is 11.5 Å². The quantitative estimate of drug-likeness (QED) is 0.232. The number of urea groups is 1. The number of hydrogen-bond donors (Lipinski definition) is 3. The molecular formula is C34H38N4O7S. The molecule has 3 N–H and O–H groups in total. The second-order valence-corrected chi connectivity index (χ2v) is 13.4. The van der Waals surface area contributed by atoms with Crippen LogP contribution in [-0.2, 0) is 10.0 Å². The van der Waals surface area contributed by atoms with E-state index < -0.39 is 28.2 Å². The lowest BCUT2D eigenvalue weighted by molar-refractivity contribution is 0.0389. The molecular weight excluding hydrogens is 608 g/mol. The SMILES string of the molecule is COc1ccc(S(=O)(=O)N(C)C[C@H]2Oc3c(NC(=O)Nc4cccc5ccccc45)cccc3C(=O)N([C@H](C)CO)C[C@@H]2C)cc1. The van der Waals surface area contributed by atoms with Gasteiger partial charge in [-0.15, -0.1) is 0 Å². The van der Waals surface area contributed by atoms with Gasteiger partial charge in [0.05, 0.1) is 48.1 Å². The van der Waals surface area contributed by atoms with Gasteiger partial charge in [0, 0.05) is 24.9 Å². The molecule has 0 aliphatic carbocycles. The van der Waals surface area contributed by atoms with Crippen LogP contribution in [0.4, 0.5) is 16.2 Å². The van der Waals surface area contributed by atoms with E-state index in [2.05, 4.69) is 10.6 Å². The third-order valence-electron chi connectivity index (χ3n) is 8.18. The lowest BCUT2D eigenvalue weighted by Gasteiger charge is -2.38. The number of nitrogens with one attached hydrogen (secondary N) is 2. The Bertz CT molecular complexity index is 1830. The lowest BCUT2D eigenvalue weighted by Crippen LogP contribution is -2.50. The summed E-state index contributed by atoms with van der Waals surface area (Å²) in [6, 6.07) is 23.1. The Morgan fingerprint density at radius 2 is 1.67 bits per heavy atom. The van der Waals surface area contributed by atoms with E-state index in [0.29, 0.717) is 11.4 Å². The molecule has 242 valence electrons. The Kier molecular flexibility index (Phi) is 9.80. The third kappa shape index (κ3) is 6.79. The maximum atomic E-state index is 13.8. The van der Waals surface area contributed by atoms with Gasteiger partial charge in [0.1, 0.15) is 11.9 Å². The van der Waals surface area contributed by atoms with Gasteiger partial charge in [-0.1, -0.05) is 49.4 Å². The van der Waals surface area contributed by atoms with E-state index in [9.17, 15) is 23.1 Å². The fraction of sp³-hybridized carbons (Fsp3) is 0.294. The third-order valence-corrected chi connectivity index (χ3v) is 10.0. The number of ether oxygens (including phenoxy) is 2. The van der Waals surface area contributed by atoms with Gasteiger partial charge in [0.15, 0.2) is 5.75 Å². The van der Waals surface area contributed by atoms with Crippen LogP contribution in [0.15, 0.2) is 89.8 Å². The van der Waals surface area contributed by atoms with Crippen LogP contribution in [0.25, 0.3) is 10.8 Å². The van der Waals surface area contributed by atoms with Crippen LogP contribution in [0.1, 0.15) is 24.2 Å². The van der Waals surface area contributed by atoms with Crippen LogP contribution in [0, 0.1) is 5.92 Å². The van der Waals surface area contributed by atoms with Crippen LogP contribution in [0.2, 0.25) is 0 Å². The first-order chi connectivity index (χ1) is 22.0. The number of amides is 3. The van der Waals surface area contributed by atoms with Crippen LogP contribution in [-0.4, -0.2) is 80.7 Å². The number of aliphatic hydroxyl groups is 1. The van der Waals surface area contributed by atoms with E-state index in [1.165, 1.54) is 30.6 Å². The van der Waals surface area contributed by atoms with Gasteiger partial charge in [-0.25, -0.2) is 13.2 Å². The Morgan fingerprint density at radius 3 is 2.39 bits per heavy atom. The Balaban J connectivity index is 1.47. The number of benzene rings is 4. The van der Waals surface area contributed by atoms with Crippen LogP contribution in [0.5, 0.6) is 11.5 Å². The summed E-state index contributed by atoms with van der Waals surface area (Å²) in [5.74, 6) is -0.0960. The number of para-hydroxylation sites is 1. The maximum Gasteiger partial charge on any atom is 0.323 e. The molecule has 46 heavy (non-hydrogen) atoms. The number of carbonyl (C=O) groups is 2. The number of rotatable bonds is 9. The molecule has 3 amide bonds. The standard InChI is InChI=1S/C34H38N4O7S/c1-22-19-38(23(2)21-39)33(40)28-12-8-14-30(36-34(41)35-29-13-7-10-24-9-5-6-11-27(24)29)32(28)45-31(22)20-37(3)46(42,43)26-17-15-25(44-4)16-18-26/h5-18,22-23,31,39H,19-21H2,1-4H3,(H2,35,36,41)/t22-,23+,31+/m0/s1. The number of anilines is 2. The van der Waals surface area contributed by atoms with Crippen LogP contribution in [0.3, 0.4) is 0 Å². The summed E-state index contributed by atoms with van der Waals surface area (Å²) < 4.78 is 39.9. The van der Waals surface area contributed by atoms with E-state index >= 15 is 0 Å². The molecule has 0 saturated carbocycles. The minimum atomic E-state index is -3.91. The molecule has 11 nitrogen and oxygen atoms in total. The van der Waals surface area contributed by atoms with E-state index in [0.717, 1.165) is 10.8 Å². The normalized spacial score (nSPS) is 17.4. The second-order valence-electron chi connectivity index (χ2n) is 11.4. The minimum Gasteiger partial charge on any atom is -0.497 e. The molecule has 1 aliphatic heterocycles. The molecule has 0 spiro atoms. The molecule has 0 aromatic heterocycles. The van der Waals surface area contributed by atoms with Crippen molar-refractivity contribution in [1.82, 2.24) is 9.21 Å². The molecule has 0 unspecified atom stereocenters. The van der Waals surface area contributed by atoms with Crippen molar-refractivity contribution in [2.45, 2.75) is 30.9 Å². The average Bonchev–Trinajstić information content (AvgIpc) is 3.06. The smallest absolute Gasteiger partial charge is 0.323 e. The highest BCUT2D eigenvalue weighted by atomic mass is 32.2. The summed E-state index contributed by atoms with van der Waals surface area (Å²) in [7, 11) is -0.943. The summed E-state index contributed by atoms with van der Waals surface area (Å²) in [6.07, 6.45) is -0.734. The van der Waals surface area contributed by atoms with Crippen molar-refractivity contribution in [1.29, 1.82) is 0 Å². The van der Waals surface area contributed by atoms with Gasteiger partial charge >= 0.3 is 6.03 Å². The summed E-state index contributed by atoms with van der Waals surface area (Å²) in [4.78, 5) is 28.8. The van der Waals surface area contributed by atoms with Crippen molar-refractivity contribution in [2.75, 3.05) is 44.5 Å². The van der Waals surface area contributed by atoms with Gasteiger partial charge < -0.3 is 30.1 Å². The van der Waals surface area contributed by atoms with Gasteiger partial charge in [-0.3, -0.25) is 4.79 Å². The number of carbonyl (C=O) groups excluding carboxylic acids is 2. The van der Waals surface area contributed by atoms with Crippen molar-refractivity contribution in [3.63, 3.8) is 0 Å². The molecule has 3 atom stereocenters. The van der Waals surface area contributed by atoms with E-state index in [4.69, 9.17) is 9.47 Å². The predicted octanol–water partition coefficient (Wildman–Crippen LogP) is 5.03. The molecule has 0 saturated heterocycles. The van der Waals surface area contributed by atoms with Crippen molar-refractivity contribution in [3.05, 3.63) is 90.5 Å². The highest BCUT2D eigenvalue weighted by Crippen LogP contribution is 2.35. The van der Waals surface area contributed by atoms with Crippen molar-refractivity contribution in [2.24, 2.45) is 5.92 Å². The monoisotopic (exact) mass is 646 g/mol. The summed E-state index contributed by atoms with van der Waals surface area (Å²) >= 11 is 0. The number of sulfonamides is 1. The fourth-order valence-electron chi connectivity index (χ4n) is 5.45. The van der Waals surface area contributed by atoms with Crippen LogP contribution >= 0.6 is 0 Å². The first-order valence-corrected chi connectivity index (χ1v) is 16.3.